The van der Waals surface area contributed by atoms with Gasteiger partial charge in [-0.25, -0.2) is 8.78 Å². The van der Waals surface area contributed by atoms with Crippen LogP contribution in [0.1, 0.15) is 10.4 Å². The minimum atomic E-state index is -0.440. The van der Waals surface area contributed by atoms with Crippen molar-refractivity contribution in [2.75, 3.05) is 20.2 Å². The van der Waals surface area contributed by atoms with Crippen LogP contribution in [0.15, 0.2) is 48.5 Å². The average molecular weight is 291 g/mol. The van der Waals surface area contributed by atoms with Gasteiger partial charge in [0.1, 0.15) is 12.4 Å². The molecule has 0 aliphatic heterocycles. The second-order valence-electron chi connectivity index (χ2n) is 4.51. The van der Waals surface area contributed by atoms with E-state index in [1.54, 1.807) is 19.2 Å². The first-order valence-corrected chi connectivity index (χ1v) is 6.46. The number of likely N-dealkylation sites (N-methyl/N-ethyl adjacent to an activating group) is 1. The van der Waals surface area contributed by atoms with E-state index in [0.29, 0.717) is 12.1 Å². The predicted molar refractivity (Wildman–Crippen MR) is 75.3 cm³/mol. The number of amides is 1. The van der Waals surface area contributed by atoms with Crippen LogP contribution in [0.2, 0.25) is 0 Å². The number of carbonyl (C=O) groups is 1. The molecule has 0 unspecified atom stereocenters. The predicted octanol–water partition coefficient (Wildman–Crippen LogP) is 3.12. The summed E-state index contributed by atoms with van der Waals surface area (Å²) in [6.07, 6.45) is 0. The van der Waals surface area contributed by atoms with Crippen molar-refractivity contribution in [2.45, 2.75) is 0 Å². The Morgan fingerprint density at radius 1 is 1.10 bits per heavy atom. The Kier molecular flexibility index (Phi) is 4.87. The highest BCUT2D eigenvalue weighted by Gasteiger charge is 2.12. The summed E-state index contributed by atoms with van der Waals surface area (Å²) in [6.45, 7) is 0.467. The molecule has 0 radical (unpaired) electrons. The fraction of sp³-hybridized carbons (Fsp3) is 0.188. The van der Waals surface area contributed by atoms with Crippen molar-refractivity contribution < 1.29 is 18.3 Å². The van der Waals surface area contributed by atoms with Crippen molar-refractivity contribution in [1.29, 1.82) is 0 Å². The summed E-state index contributed by atoms with van der Waals surface area (Å²) in [5.41, 5.74) is 0.393. The fourth-order valence-electron chi connectivity index (χ4n) is 1.77. The van der Waals surface area contributed by atoms with Gasteiger partial charge in [0.2, 0.25) is 0 Å². The monoisotopic (exact) mass is 291 g/mol. The Morgan fingerprint density at radius 2 is 1.76 bits per heavy atom. The molecular weight excluding hydrogens is 276 g/mol. The lowest BCUT2D eigenvalue weighted by atomic mass is 10.2. The molecule has 0 atom stereocenters. The molecule has 0 fully saturated rings. The maximum absolute atomic E-state index is 13.3. The zero-order valence-electron chi connectivity index (χ0n) is 11.6. The van der Waals surface area contributed by atoms with Crippen LogP contribution >= 0.6 is 0 Å². The lowest BCUT2D eigenvalue weighted by Crippen LogP contribution is -2.30. The molecule has 2 aromatic rings. The van der Waals surface area contributed by atoms with Crippen molar-refractivity contribution >= 4 is 5.91 Å². The third-order valence-electron chi connectivity index (χ3n) is 2.96. The van der Waals surface area contributed by atoms with Gasteiger partial charge in [-0.05, 0) is 36.4 Å². The number of benzene rings is 2. The standard InChI is InChI=1S/C16H15F2NO2/c1-19(16(20)12-6-8-13(17)9-7-12)10-11-21-15-5-3-2-4-14(15)18/h2-9H,10-11H2,1H3. The number of carbonyl (C=O) groups excluding carboxylic acids is 1. The van der Waals surface area contributed by atoms with Gasteiger partial charge in [-0.15, -0.1) is 0 Å². The number of ether oxygens (including phenoxy) is 1. The molecule has 110 valence electrons. The van der Waals surface area contributed by atoms with E-state index in [0.717, 1.165) is 0 Å². The maximum atomic E-state index is 13.3. The van der Waals surface area contributed by atoms with E-state index in [9.17, 15) is 13.6 Å². The van der Waals surface area contributed by atoms with Gasteiger partial charge in [-0.3, -0.25) is 4.79 Å². The molecule has 0 N–H and O–H groups in total. The molecule has 0 aliphatic rings. The van der Waals surface area contributed by atoms with E-state index >= 15 is 0 Å². The minimum Gasteiger partial charge on any atom is -0.489 e. The molecule has 0 spiro atoms. The van der Waals surface area contributed by atoms with Gasteiger partial charge in [0, 0.05) is 12.6 Å². The second-order valence-corrected chi connectivity index (χ2v) is 4.51. The maximum Gasteiger partial charge on any atom is 0.253 e. The Labute approximate surface area is 121 Å². The zero-order chi connectivity index (χ0) is 15.2. The molecule has 3 nitrogen and oxygen atoms in total. The first-order chi connectivity index (χ1) is 10.1. The van der Waals surface area contributed by atoms with Crippen molar-refractivity contribution in [3.63, 3.8) is 0 Å². The molecule has 0 bridgehead atoms. The highest BCUT2D eigenvalue weighted by Crippen LogP contribution is 2.15. The highest BCUT2D eigenvalue weighted by atomic mass is 19.1. The van der Waals surface area contributed by atoms with Gasteiger partial charge in [-0.1, -0.05) is 12.1 Å². The van der Waals surface area contributed by atoms with E-state index in [2.05, 4.69) is 0 Å². The van der Waals surface area contributed by atoms with Crippen LogP contribution in [-0.4, -0.2) is 31.0 Å². The van der Waals surface area contributed by atoms with Crippen LogP contribution in [0.25, 0.3) is 0 Å². The normalized spacial score (nSPS) is 10.2. The first-order valence-electron chi connectivity index (χ1n) is 6.46. The van der Waals surface area contributed by atoms with E-state index in [-0.39, 0.29) is 18.3 Å². The van der Waals surface area contributed by atoms with Crippen LogP contribution in [0.4, 0.5) is 8.78 Å². The summed E-state index contributed by atoms with van der Waals surface area (Å²) in [4.78, 5) is 13.5. The number of hydrogen-bond donors (Lipinski definition) is 0. The Balaban J connectivity index is 1.87. The Bertz CT molecular complexity index is 614. The van der Waals surface area contributed by atoms with Crippen LogP contribution < -0.4 is 4.74 Å². The number of halogens is 2. The summed E-state index contributed by atoms with van der Waals surface area (Å²) < 4.78 is 31.4. The van der Waals surface area contributed by atoms with Crippen molar-refractivity contribution in [3.8, 4) is 5.75 Å². The van der Waals surface area contributed by atoms with Crippen LogP contribution in [0, 0.1) is 11.6 Å². The van der Waals surface area contributed by atoms with E-state index in [1.165, 1.54) is 41.3 Å². The summed E-state index contributed by atoms with van der Waals surface area (Å²) in [5.74, 6) is -0.922. The lowest BCUT2D eigenvalue weighted by Gasteiger charge is -2.17. The van der Waals surface area contributed by atoms with Gasteiger partial charge in [0.15, 0.2) is 11.6 Å². The van der Waals surface area contributed by atoms with Crippen LogP contribution in [0.5, 0.6) is 5.75 Å². The molecule has 5 heteroatoms. The molecule has 2 aromatic carbocycles. The summed E-state index contributed by atoms with van der Waals surface area (Å²) in [7, 11) is 1.61. The number of para-hydroxylation sites is 1. The molecule has 0 saturated carbocycles. The lowest BCUT2D eigenvalue weighted by molar-refractivity contribution is 0.0773. The summed E-state index contributed by atoms with van der Waals surface area (Å²) in [6, 6.07) is 11.4. The molecule has 21 heavy (non-hydrogen) atoms. The SMILES string of the molecule is CN(CCOc1ccccc1F)C(=O)c1ccc(F)cc1. The van der Waals surface area contributed by atoms with Gasteiger partial charge >= 0.3 is 0 Å². The molecule has 0 heterocycles. The molecule has 2 rings (SSSR count). The third kappa shape index (κ3) is 4.02. The summed E-state index contributed by atoms with van der Waals surface area (Å²) >= 11 is 0. The fourth-order valence-corrected chi connectivity index (χ4v) is 1.77. The smallest absolute Gasteiger partial charge is 0.253 e. The second kappa shape index (κ2) is 6.83. The molecule has 0 aliphatic carbocycles. The van der Waals surface area contributed by atoms with Crippen LogP contribution in [0.3, 0.4) is 0 Å². The number of rotatable bonds is 5. The summed E-state index contributed by atoms with van der Waals surface area (Å²) in [5, 5.41) is 0. The van der Waals surface area contributed by atoms with Crippen molar-refractivity contribution in [3.05, 3.63) is 65.7 Å². The molecular formula is C16H15F2NO2. The zero-order valence-corrected chi connectivity index (χ0v) is 11.6. The Hall–Kier alpha value is -2.43. The molecule has 0 aromatic heterocycles. The highest BCUT2D eigenvalue weighted by molar-refractivity contribution is 5.93. The number of nitrogens with zero attached hydrogens (tertiary/aromatic N) is 1. The Morgan fingerprint density at radius 3 is 2.43 bits per heavy atom. The van der Waals surface area contributed by atoms with E-state index in [4.69, 9.17) is 4.74 Å². The van der Waals surface area contributed by atoms with Crippen molar-refractivity contribution in [1.82, 2.24) is 4.90 Å². The molecule has 1 amide bonds. The quantitative estimate of drug-likeness (QED) is 0.847. The van der Waals surface area contributed by atoms with E-state index < -0.39 is 11.6 Å². The topological polar surface area (TPSA) is 29.5 Å². The molecule has 0 saturated heterocycles. The van der Waals surface area contributed by atoms with Gasteiger partial charge < -0.3 is 9.64 Å². The van der Waals surface area contributed by atoms with Crippen molar-refractivity contribution in [2.24, 2.45) is 0 Å². The third-order valence-corrected chi connectivity index (χ3v) is 2.96. The van der Waals surface area contributed by atoms with Gasteiger partial charge in [-0.2, -0.15) is 0 Å². The first kappa shape index (κ1) is 15.0. The van der Waals surface area contributed by atoms with Gasteiger partial charge in [0.05, 0.1) is 6.54 Å². The van der Waals surface area contributed by atoms with E-state index in [1.807, 2.05) is 0 Å². The van der Waals surface area contributed by atoms with Gasteiger partial charge in [0.25, 0.3) is 5.91 Å². The largest absolute Gasteiger partial charge is 0.489 e. The van der Waals surface area contributed by atoms with Crippen LogP contribution in [-0.2, 0) is 0 Å². The minimum absolute atomic E-state index is 0.153. The number of hydrogen-bond acceptors (Lipinski definition) is 2. The average Bonchev–Trinajstić information content (AvgIpc) is 2.49.